The van der Waals surface area contributed by atoms with Gasteiger partial charge in [0.15, 0.2) is 0 Å². The van der Waals surface area contributed by atoms with Crippen molar-refractivity contribution in [3.8, 4) is 0 Å². The molecule has 2 aliphatic heterocycles. The summed E-state index contributed by atoms with van der Waals surface area (Å²) in [6, 6.07) is 6.39. The van der Waals surface area contributed by atoms with Crippen LogP contribution in [0.25, 0.3) is 0 Å². The zero-order chi connectivity index (χ0) is 20.4. The summed E-state index contributed by atoms with van der Waals surface area (Å²) in [7, 11) is 2.04. The monoisotopic (exact) mass is 401 g/mol. The maximum Gasteiger partial charge on any atom is 0.353 e. The second kappa shape index (κ2) is 8.16. The Labute approximate surface area is 168 Å². The highest BCUT2D eigenvalue weighted by Gasteiger charge is 2.32. The highest BCUT2D eigenvalue weighted by molar-refractivity contribution is 5.71. The first-order chi connectivity index (χ1) is 14.0. The van der Waals surface area contributed by atoms with Crippen molar-refractivity contribution in [1.29, 1.82) is 0 Å². The molecule has 1 aromatic heterocycles. The van der Waals surface area contributed by atoms with Crippen LogP contribution in [-0.2, 0) is 0 Å². The van der Waals surface area contributed by atoms with Crippen LogP contribution in [0.3, 0.4) is 0 Å². The molecule has 29 heavy (non-hydrogen) atoms. The molecule has 2 fully saturated rings. The molecule has 154 valence electrons. The smallest absolute Gasteiger partial charge is 0.353 e. The van der Waals surface area contributed by atoms with Gasteiger partial charge in [-0.1, -0.05) is 0 Å². The van der Waals surface area contributed by atoms with Crippen LogP contribution in [0.2, 0.25) is 0 Å². The van der Waals surface area contributed by atoms with Crippen LogP contribution < -0.4 is 14.7 Å². The van der Waals surface area contributed by atoms with Crippen molar-refractivity contribution < 1.29 is 9.31 Å². The number of likely N-dealkylation sites (N-methyl/N-ethyl adjacent to an activating group) is 1. The predicted octanol–water partition coefficient (Wildman–Crippen LogP) is 1.60. The molecule has 9 nitrogen and oxygen atoms in total. The summed E-state index contributed by atoms with van der Waals surface area (Å²) in [4.78, 5) is 28.3. The molecule has 4 rings (SSSR count). The van der Waals surface area contributed by atoms with E-state index in [0.717, 1.165) is 18.8 Å². The lowest BCUT2D eigenvalue weighted by Gasteiger charge is -2.37. The van der Waals surface area contributed by atoms with Crippen LogP contribution in [0.4, 0.5) is 27.4 Å². The van der Waals surface area contributed by atoms with Crippen LogP contribution in [-0.4, -0.2) is 79.2 Å². The molecule has 0 N–H and O–H groups in total. The Hall–Kier alpha value is -3.01. The number of aromatic nitrogens is 2. The number of nitrogens with zero attached hydrogens (tertiary/aromatic N) is 7. The van der Waals surface area contributed by atoms with Gasteiger partial charge in [-0.3, -0.25) is 10.1 Å². The number of nitro groups is 1. The Morgan fingerprint density at radius 3 is 1.86 bits per heavy atom. The van der Waals surface area contributed by atoms with Gasteiger partial charge in [-0.2, -0.15) is 0 Å². The van der Waals surface area contributed by atoms with Crippen molar-refractivity contribution in [2.45, 2.75) is 0 Å². The van der Waals surface area contributed by atoms with E-state index < -0.39 is 0 Å². The highest BCUT2D eigenvalue weighted by Crippen LogP contribution is 2.35. The minimum atomic E-state index is -0.366. The minimum Gasteiger partial charge on any atom is -0.368 e. The molecule has 0 bridgehead atoms. The molecule has 0 spiro atoms. The van der Waals surface area contributed by atoms with Crippen LogP contribution in [0.1, 0.15) is 0 Å². The number of rotatable bonds is 4. The van der Waals surface area contributed by atoms with Crippen molar-refractivity contribution in [3.63, 3.8) is 0 Å². The number of benzene rings is 1. The van der Waals surface area contributed by atoms with E-state index in [-0.39, 0.29) is 16.4 Å². The number of hydrogen-bond acceptors (Lipinski definition) is 8. The van der Waals surface area contributed by atoms with Crippen molar-refractivity contribution in [1.82, 2.24) is 14.9 Å². The van der Waals surface area contributed by atoms with E-state index in [2.05, 4.69) is 19.8 Å². The third-order valence-electron chi connectivity index (χ3n) is 5.54. The molecule has 2 aromatic rings. The fourth-order valence-corrected chi connectivity index (χ4v) is 3.83. The molecule has 0 aliphatic carbocycles. The molecule has 0 amide bonds. The molecular weight excluding hydrogens is 377 g/mol. The van der Waals surface area contributed by atoms with E-state index in [0.29, 0.717) is 50.9 Å². The van der Waals surface area contributed by atoms with E-state index >= 15 is 0 Å². The van der Waals surface area contributed by atoms with Gasteiger partial charge in [0.2, 0.25) is 11.6 Å². The lowest BCUT2D eigenvalue weighted by molar-refractivity contribution is -0.383. The maximum atomic E-state index is 13.2. The van der Waals surface area contributed by atoms with Crippen molar-refractivity contribution in [2.75, 3.05) is 74.1 Å². The van der Waals surface area contributed by atoms with E-state index in [1.165, 1.54) is 18.5 Å². The zero-order valence-electron chi connectivity index (χ0n) is 16.4. The Morgan fingerprint density at radius 2 is 1.34 bits per heavy atom. The fourth-order valence-electron chi connectivity index (χ4n) is 3.83. The summed E-state index contributed by atoms with van der Waals surface area (Å²) in [5, 5.41) is 11.9. The second-order valence-electron chi connectivity index (χ2n) is 7.37. The Bertz CT molecular complexity index is 863. The van der Waals surface area contributed by atoms with Gasteiger partial charge in [-0.15, -0.1) is 0 Å². The SMILES string of the molecule is CN1CCN(c2ncnc(N3CCN(c4ccc(F)cc4)CC3)c2[N+](=O)[O-])CC1. The second-order valence-corrected chi connectivity index (χ2v) is 7.37. The first kappa shape index (κ1) is 19.3. The molecule has 0 unspecified atom stereocenters. The average molecular weight is 401 g/mol. The third-order valence-corrected chi connectivity index (χ3v) is 5.54. The van der Waals surface area contributed by atoms with Crippen molar-refractivity contribution in [2.24, 2.45) is 0 Å². The van der Waals surface area contributed by atoms with Gasteiger partial charge in [-0.25, -0.2) is 14.4 Å². The molecule has 0 atom stereocenters. The van der Waals surface area contributed by atoms with E-state index in [1.807, 2.05) is 16.8 Å². The lowest BCUT2D eigenvalue weighted by Crippen LogP contribution is -2.47. The standard InChI is InChI=1S/C19H24FN7O2/c1-23-6-8-25(9-7-23)18-17(27(28)29)19(22-14-21-18)26-12-10-24(11-13-26)16-4-2-15(20)3-5-16/h2-5,14H,6-13H2,1H3. The quantitative estimate of drug-likeness (QED) is 0.565. The number of hydrogen-bond donors (Lipinski definition) is 0. The summed E-state index contributed by atoms with van der Waals surface area (Å²) in [6.07, 6.45) is 1.42. The Kier molecular flexibility index (Phi) is 5.43. The molecule has 2 aliphatic rings. The summed E-state index contributed by atoms with van der Waals surface area (Å²) >= 11 is 0. The number of halogens is 1. The lowest BCUT2D eigenvalue weighted by atomic mass is 10.2. The normalized spacial score (nSPS) is 18.2. The fraction of sp³-hybridized carbons (Fsp3) is 0.474. The van der Waals surface area contributed by atoms with E-state index in [9.17, 15) is 14.5 Å². The molecular formula is C19H24FN7O2. The van der Waals surface area contributed by atoms with Crippen LogP contribution in [0.15, 0.2) is 30.6 Å². The summed E-state index contributed by atoms with van der Waals surface area (Å²) in [6.45, 7) is 5.63. The van der Waals surface area contributed by atoms with E-state index in [4.69, 9.17) is 0 Å². The summed E-state index contributed by atoms with van der Waals surface area (Å²) in [5.74, 6) is 0.507. The molecule has 3 heterocycles. The molecule has 10 heteroatoms. The molecule has 2 saturated heterocycles. The Balaban J connectivity index is 1.53. The van der Waals surface area contributed by atoms with Crippen LogP contribution >= 0.6 is 0 Å². The van der Waals surface area contributed by atoms with Gasteiger partial charge in [0.1, 0.15) is 12.1 Å². The first-order valence-corrected chi connectivity index (χ1v) is 9.71. The predicted molar refractivity (Wildman–Crippen MR) is 109 cm³/mol. The van der Waals surface area contributed by atoms with Gasteiger partial charge in [0.25, 0.3) is 0 Å². The largest absolute Gasteiger partial charge is 0.368 e. The van der Waals surface area contributed by atoms with Crippen molar-refractivity contribution in [3.05, 3.63) is 46.5 Å². The van der Waals surface area contributed by atoms with Gasteiger partial charge in [0, 0.05) is 58.0 Å². The molecule has 0 radical (unpaired) electrons. The molecule has 1 aromatic carbocycles. The summed E-state index contributed by atoms with van der Waals surface area (Å²) in [5.41, 5.74) is 0.925. The van der Waals surface area contributed by atoms with Gasteiger partial charge in [0.05, 0.1) is 4.92 Å². The minimum absolute atomic E-state index is 0.0210. The average Bonchev–Trinajstić information content (AvgIpc) is 2.74. The highest BCUT2D eigenvalue weighted by atomic mass is 19.1. The van der Waals surface area contributed by atoms with Gasteiger partial charge in [-0.05, 0) is 31.3 Å². The third kappa shape index (κ3) is 4.07. The number of piperazine rings is 2. The number of anilines is 3. The van der Waals surface area contributed by atoms with Crippen molar-refractivity contribution >= 4 is 23.0 Å². The van der Waals surface area contributed by atoms with Crippen LogP contribution in [0, 0.1) is 15.9 Å². The van der Waals surface area contributed by atoms with E-state index in [1.54, 1.807) is 12.1 Å². The Morgan fingerprint density at radius 1 is 0.862 bits per heavy atom. The molecule has 0 saturated carbocycles. The topological polar surface area (TPSA) is 81.9 Å². The zero-order valence-corrected chi connectivity index (χ0v) is 16.4. The van der Waals surface area contributed by atoms with Gasteiger partial charge < -0.3 is 19.6 Å². The first-order valence-electron chi connectivity index (χ1n) is 9.71. The van der Waals surface area contributed by atoms with Crippen LogP contribution in [0.5, 0.6) is 0 Å². The maximum absolute atomic E-state index is 13.2. The van der Waals surface area contributed by atoms with Gasteiger partial charge >= 0.3 is 5.69 Å². The summed E-state index contributed by atoms with van der Waals surface area (Å²) < 4.78 is 13.2.